The predicted molar refractivity (Wildman–Crippen MR) is 157 cm³/mol. The van der Waals surface area contributed by atoms with Crippen LogP contribution in [0.2, 0.25) is 5.02 Å². The highest BCUT2D eigenvalue weighted by Crippen LogP contribution is 2.27. The fraction of sp³-hybridized carbons (Fsp3) is 0.0667. The van der Waals surface area contributed by atoms with Gasteiger partial charge in [0.15, 0.2) is 0 Å². The summed E-state index contributed by atoms with van der Waals surface area (Å²) in [6, 6.07) is 21.1. The maximum Gasteiger partial charge on any atom is 0.347 e. The van der Waals surface area contributed by atoms with E-state index in [0.29, 0.717) is 11.3 Å². The Labute approximate surface area is 244 Å². The largest absolute Gasteiger partial charge is 0.496 e. The van der Waals surface area contributed by atoms with E-state index >= 15 is 0 Å². The molecule has 212 valence electrons. The van der Waals surface area contributed by atoms with Crippen molar-refractivity contribution in [1.29, 1.82) is 0 Å². The first-order chi connectivity index (χ1) is 20.1. The highest BCUT2D eigenvalue weighted by Gasteiger charge is 2.19. The Morgan fingerprint density at radius 1 is 0.881 bits per heavy atom. The summed E-state index contributed by atoms with van der Waals surface area (Å²) in [4.78, 5) is 48.6. The zero-order chi connectivity index (χ0) is 30.2. The summed E-state index contributed by atoms with van der Waals surface area (Å²) >= 11 is 6.00. The number of esters is 1. The van der Waals surface area contributed by atoms with Crippen LogP contribution in [0.1, 0.15) is 42.2 Å². The molecule has 0 saturated carbocycles. The molecule has 0 saturated heterocycles. The van der Waals surface area contributed by atoms with Crippen molar-refractivity contribution in [3.8, 4) is 11.5 Å². The zero-order valence-corrected chi connectivity index (χ0v) is 23.0. The molecular formula is C30H23ClN4O7. The third-order valence-electron chi connectivity index (χ3n) is 5.88. The first-order valence-corrected chi connectivity index (χ1v) is 12.7. The van der Waals surface area contributed by atoms with Crippen LogP contribution in [-0.4, -0.2) is 36.0 Å². The number of halogens is 1. The number of nitro benzene ring substituents is 1. The third kappa shape index (κ3) is 7.34. The van der Waals surface area contributed by atoms with Gasteiger partial charge in [0.05, 0.1) is 18.2 Å². The fourth-order valence-corrected chi connectivity index (χ4v) is 3.85. The number of hydrogen-bond donors (Lipinski definition) is 2. The Bertz CT molecular complexity index is 1690. The highest BCUT2D eigenvalue weighted by atomic mass is 35.5. The summed E-state index contributed by atoms with van der Waals surface area (Å²) in [5.74, 6) is -1.54. The molecule has 0 aliphatic carbocycles. The van der Waals surface area contributed by atoms with Crippen LogP contribution in [0.4, 0.5) is 11.4 Å². The molecule has 0 heterocycles. The van der Waals surface area contributed by atoms with Gasteiger partial charge in [0.2, 0.25) is 0 Å². The molecule has 42 heavy (non-hydrogen) atoms. The molecule has 0 aromatic heterocycles. The fourth-order valence-electron chi connectivity index (χ4n) is 3.68. The topological polar surface area (TPSA) is 149 Å². The number of nitrogens with one attached hydrogen (secondary N) is 2. The minimum absolute atomic E-state index is 0.0399. The van der Waals surface area contributed by atoms with Gasteiger partial charge in [0.1, 0.15) is 17.1 Å². The van der Waals surface area contributed by atoms with E-state index in [9.17, 15) is 24.5 Å². The Kier molecular flexibility index (Phi) is 9.25. The quantitative estimate of drug-likeness (QED) is 0.0827. The number of rotatable bonds is 9. The lowest BCUT2D eigenvalue weighted by molar-refractivity contribution is -0.384. The predicted octanol–water partition coefficient (Wildman–Crippen LogP) is 5.80. The number of carbonyl (C=O) groups is 3. The number of carbonyl (C=O) groups excluding carboxylic acids is 3. The summed E-state index contributed by atoms with van der Waals surface area (Å²) in [7, 11) is 1.38. The second-order valence-electron chi connectivity index (χ2n) is 8.81. The molecular weight excluding hydrogens is 564 g/mol. The van der Waals surface area contributed by atoms with Crippen LogP contribution in [0.5, 0.6) is 11.5 Å². The second-order valence-corrected chi connectivity index (χ2v) is 9.25. The Morgan fingerprint density at radius 3 is 2.19 bits per heavy atom. The first-order valence-electron chi connectivity index (χ1n) is 12.3. The van der Waals surface area contributed by atoms with Gasteiger partial charge in [-0.15, -0.1) is 0 Å². The van der Waals surface area contributed by atoms with E-state index < -0.39 is 16.8 Å². The van der Waals surface area contributed by atoms with E-state index in [2.05, 4.69) is 15.8 Å². The zero-order valence-electron chi connectivity index (χ0n) is 22.3. The van der Waals surface area contributed by atoms with Crippen molar-refractivity contribution in [2.75, 3.05) is 12.4 Å². The minimum atomic E-state index is -0.823. The average molecular weight is 587 g/mol. The Morgan fingerprint density at radius 2 is 1.52 bits per heavy atom. The van der Waals surface area contributed by atoms with Crippen molar-refractivity contribution in [3.63, 3.8) is 0 Å². The van der Waals surface area contributed by atoms with Gasteiger partial charge in [0, 0.05) is 39.5 Å². The molecule has 4 rings (SSSR count). The van der Waals surface area contributed by atoms with Crippen molar-refractivity contribution in [3.05, 3.63) is 128 Å². The van der Waals surface area contributed by atoms with E-state index in [4.69, 9.17) is 21.1 Å². The Hall–Kier alpha value is -5.55. The molecule has 4 aromatic carbocycles. The number of amides is 2. The molecule has 2 amide bonds. The van der Waals surface area contributed by atoms with Gasteiger partial charge in [0.25, 0.3) is 17.5 Å². The van der Waals surface area contributed by atoms with E-state index in [-0.39, 0.29) is 44.8 Å². The lowest BCUT2D eigenvalue weighted by Gasteiger charge is -2.10. The molecule has 0 aliphatic rings. The summed E-state index contributed by atoms with van der Waals surface area (Å²) in [5, 5.41) is 18.2. The van der Waals surface area contributed by atoms with Crippen LogP contribution in [-0.2, 0) is 0 Å². The van der Waals surface area contributed by atoms with Crippen molar-refractivity contribution in [2.45, 2.75) is 6.92 Å². The smallest absolute Gasteiger partial charge is 0.347 e. The summed E-state index contributed by atoms with van der Waals surface area (Å²) < 4.78 is 10.6. The minimum Gasteiger partial charge on any atom is -0.496 e. The molecule has 0 radical (unpaired) electrons. The van der Waals surface area contributed by atoms with Gasteiger partial charge in [-0.3, -0.25) is 19.7 Å². The van der Waals surface area contributed by atoms with Crippen molar-refractivity contribution in [2.24, 2.45) is 5.10 Å². The lowest BCUT2D eigenvalue weighted by Crippen LogP contribution is -2.18. The van der Waals surface area contributed by atoms with Crippen molar-refractivity contribution < 1.29 is 28.8 Å². The number of anilines is 1. The van der Waals surface area contributed by atoms with E-state index in [0.717, 1.165) is 23.9 Å². The normalized spacial score (nSPS) is 10.6. The molecule has 2 N–H and O–H groups in total. The second kappa shape index (κ2) is 13.2. The van der Waals surface area contributed by atoms with Crippen LogP contribution < -0.4 is 20.2 Å². The van der Waals surface area contributed by atoms with Gasteiger partial charge in [-0.05, 0) is 67.6 Å². The maximum atomic E-state index is 12.8. The van der Waals surface area contributed by atoms with Gasteiger partial charge in [-0.25, -0.2) is 10.2 Å². The molecule has 0 bridgehead atoms. The van der Waals surface area contributed by atoms with Crippen molar-refractivity contribution >= 4 is 47.0 Å². The third-order valence-corrected chi connectivity index (χ3v) is 6.11. The highest BCUT2D eigenvalue weighted by molar-refractivity contribution is 6.31. The number of methoxy groups -OCH3 is 1. The Balaban J connectivity index is 1.45. The van der Waals surface area contributed by atoms with Crippen molar-refractivity contribution in [1.82, 2.24) is 5.43 Å². The summed E-state index contributed by atoms with van der Waals surface area (Å²) in [5.41, 5.74) is 4.37. The van der Waals surface area contributed by atoms with Gasteiger partial charge >= 0.3 is 5.97 Å². The lowest BCUT2D eigenvalue weighted by atomic mass is 10.1. The van der Waals surface area contributed by atoms with E-state index in [1.807, 2.05) is 19.1 Å². The van der Waals surface area contributed by atoms with Crippen LogP contribution >= 0.6 is 11.6 Å². The first kappa shape index (κ1) is 29.4. The monoisotopic (exact) mass is 586 g/mol. The van der Waals surface area contributed by atoms with Crippen LogP contribution in [0.3, 0.4) is 0 Å². The molecule has 0 aliphatic heterocycles. The number of non-ortho nitro benzene ring substituents is 1. The van der Waals surface area contributed by atoms with Crippen LogP contribution in [0.25, 0.3) is 0 Å². The molecule has 0 atom stereocenters. The number of hydrazone groups is 1. The van der Waals surface area contributed by atoms with Gasteiger partial charge in [-0.2, -0.15) is 5.10 Å². The molecule has 0 spiro atoms. The van der Waals surface area contributed by atoms with Crippen LogP contribution in [0, 0.1) is 17.0 Å². The van der Waals surface area contributed by atoms with E-state index in [1.165, 1.54) is 37.4 Å². The number of ether oxygens (including phenoxy) is 2. The number of nitro groups is 1. The molecule has 0 unspecified atom stereocenters. The number of aryl methyl sites for hydroxylation is 1. The average Bonchev–Trinajstić information content (AvgIpc) is 2.98. The summed E-state index contributed by atoms with van der Waals surface area (Å²) in [6.45, 7) is 1.92. The summed E-state index contributed by atoms with van der Waals surface area (Å²) in [6.07, 6.45) is 1.11. The van der Waals surface area contributed by atoms with Crippen LogP contribution in [0.15, 0.2) is 90.0 Å². The van der Waals surface area contributed by atoms with E-state index in [1.54, 1.807) is 30.3 Å². The standard InChI is InChI=1S/C30H23ClN4O7/c1-18-3-5-19(6-4-18)28(36)33-23-10-7-20(8-11-23)29(37)34-32-17-21-15-24(35(39)40)12-14-26(21)42-30(38)25-16-22(31)9-13-27(25)41-2/h3-17H,1-2H3,(H,33,36)(H,34,37)/b32-17+. The number of nitrogens with zero attached hydrogens (tertiary/aromatic N) is 2. The molecule has 11 nitrogen and oxygen atoms in total. The number of hydrogen-bond acceptors (Lipinski definition) is 8. The molecule has 12 heteroatoms. The SMILES string of the molecule is COc1ccc(Cl)cc1C(=O)Oc1ccc([N+](=O)[O-])cc1/C=N/NC(=O)c1ccc(NC(=O)c2ccc(C)cc2)cc1. The van der Waals surface area contributed by atoms with Gasteiger partial charge in [-0.1, -0.05) is 29.3 Å². The maximum absolute atomic E-state index is 12.8. The molecule has 0 fully saturated rings. The van der Waals surface area contributed by atoms with Gasteiger partial charge < -0.3 is 14.8 Å². The molecule has 4 aromatic rings. The number of benzene rings is 4.